The maximum Gasteiger partial charge on any atom is 0.272 e. The van der Waals surface area contributed by atoms with E-state index in [-0.39, 0.29) is 47.2 Å². The fourth-order valence-electron chi connectivity index (χ4n) is 6.39. The number of H-pyrrole nitrogens is 1. The zero-order chi connectivity index (χ0) is 29.8. The number of aryl methyl sites for hydroxylation is 2. The smallest absolute Gasteiger partial charge is 0.272 e. The van der Waals surface area contributed by atoms with Crippen molar-refractivity contribution in [3.63, 3.8) is 0 Å². The molecule has 2 aliphatic rings. The average molecular weight is 578 g/mol. The molecule has 0 saturated heterocycles. The third-order valence-electron chi connectivity index (χ3n) is 8.55. The van der Waals surface area contributed by atoms with E-state index in [4.69, 9.17) is 15.1 Å². The third kappa shape index (κ3) is 4.78. The lowest BCUT2D eigenvalue weighted by Crippen LogP contribution is -2.32. The van der Waals surface area contributed by atoms with E-state index in [0.29, 0.717) is 41.4 Å². The number of carbonyl (C=O) groups excluding carboxylic acids is 2. The number of pyridine rings is 1. The summed E-state index contributed by atoms with van der Waals surface area (Å²) in [6.07, 6.45) is 2.84. The summed E-state index contributed by atoms with van der Waals surface area (Å²) in [4.78, 5) is 29.4. The van der Waals surface area contributed by atoms with Crippen molar-refractivity contribution in [1.82, 2.24) is 25.5 Å². The van der Waals surface area contributed by atoms with Gasteiger partial charge in [-0.1, -0.05) is 18.1 Å². The van der Waals surface area contributed by atoms with E-state index in [1.54, 1.807) is 19.9 Å². The molecule has 0 bridgehead atoms. The molecule has 4 atom stereocenters. The summed E-state index contributed by atoms with van der Waals surface area (Å²) < 4.78 is 39.9. The first-order chi connectivity index (χ1) is 20.1. The number of nitrogens with one attached hydrogen (secondary N) is 2. The van der Waals surface area contributed by atoms with Gasteiger partial charge in [0.2, 0.25) is 5.91 Å². The highest BCUT2D eigenvalue weighted by molar-refractivity contribution is 5.92. The van der Waals surface area contributed by atoms with E-state index in [0.717, 1.165) is 12.0 Å². The van der Waals surface area contributed by atoms with E-state index in [1.807, 2.05) is 6.92 Å². The SMILES string of the molecule is Cc1n[nH]c(C)c1-c1ncc(NC(=O)CC2c3ccc(F)cc3OCC23CC3CC(C)c2nonc2C(N)=O)cc1F. The van der Waals surface area contributed by atoms with Gasteiger partial charge in [0.25, 0.3) is 5.91 Å². The van der Waals surface area contributed by atoms with Crippen LogP contribution in [0.1, 0.15) is 71.2 Å². The minimum Gasteiger partial charge on any atom is -0.493 e. The summed E-state index contributed by atoms with van der Waals surface area (Å²) in [5.74, 6) is -2.05. The van der Waals surface area contributed by atoms with Crippen molar-refractivity contribution in [2.75, 3.05) is 11.9 Å². The number of carbonyl (C=O) groups is 2. The number of hydrogen-bond donors (Lipinski definition) is 3. The number of aromatic nitrogens is 5. The van der Waals surface area contributed by atoms with Gasteiger partial charge in [-0.3, -0.25) is 19.7 Å². The molecule has 6 rings (SSSR count). The molecular formula is C29H29F2N7O4. The highest BCUT2D eigenvalue weighted by Crippen LogP contribution is 2.67. The summed E-state index contributed by atoms with van der Waals surface area (Å²) in [7, 11) is 0. The number of anilines is 1. The van der Waals surface area contributed by atoms with Crippen LogP contribution in [0.25, 0.3) is 11.3 Å². The Morgan fingerprint density at radius 3 is 2.76 bits per heavy atom. The number of rotatable bonds is 8. The second kappa shape index (κ2) is 10.3. The zero-order valence-corrected chi connectivity index (χ0v) is 23.2. The first kappa shape index (κ1) is 27.5. The van der Waals surface area contributed by atoms with Crippen LogP contribution in [0.15, 0.2) is 35.1 Å². The Hall–Kier alpha value is -4.68. The van der Waals surface area contributed by atoms with Crippen LogP contribution in [0, 0.1) is 36.8 Å². The minimum absolute atomic E-state index is 0.00112. The zero-order valence-electron chi connectivity index (χ0n) is 23.2. The molecule has 218 valence electrons. The van der Waals surface area contributed by atoms with Crippen LogP contribution >= 0.6 is 0 Å². The molecule has 4 aromatic rings. The number of nitrogens with zero attached hydrogens (tertiary/aromatic N) is 4. The molecule has 13 heteroatoms. The average Bonchev–Trinajstić information content (AvgIpc) is 3.23. The van der Waals surface area contributed by atoms with E-state index in [2.05, 4.69) is 30.8 Å². The molecule has 1 saturated carbocycles. The van der Waals surface area contributed by atoms with Gasteiger partial charge in [0.05, 0.1) is 24.2 Å². The van der Waals surface area contributed by atoms with E-state index in [1.165, 1.54) is 24.4 Å². The Bertz CT molecular complexity index is 1680. The molecule has 1 fully saturated rings. The Morgan fingerprint density at radius 1 is 1.24 bits per heavy atom. The second-order valence-electron chi connectivity index (χ2n) is 11.3. The Balaban J connectivity index is 1.22. The third-order valence-corrected chi connectivity index (χ3v) is 8.55. The van der Waals surface area contributed by atoms with Gasteiger partial charge in [-0.25, -0.2) is 13.4 Å². The summed E-state index contributed by atoms with van der Waals surface area (Å²) in [5, 5.41) is 17.2. The van der Waals surface area contributed by atoms with Crippen molar-refractivity contribution in [2.45, 2.75) is 51.9 Å². The number of amides is 2. The molecule has 1 aromatic carbocycles. The first-order valence-corrected chi connectivity index (χ1v) is 13.6. The number of hydrogen-bond acceptors (Lipinski definition) is 8. The predicted octanol–water partition coefficient (Wildman–Crippen LogP) is 4.55. The lowest BCUT2D eigenvalue weighted by Gasteiger charge is -2.35. The number of ether oxygens (including phenoxy) is 1. The van der Waals surface area contributed by atoms with Crippen LogP contribution in [0.5, 0.6) is 5.75 Å². The predicted molar refractivity (Wildman–Crippen MR) is 146 cm³/mol. The van der Waals surface area contributed by atoms with Crippen LogP contribution in [0.4, 0.5) is 14.5 Å². The number of halogens is 2. The van der Waals surface area contributed by atoms with Crippen LogP contribution < -0.4 is 15.8 Å². The van der Waals surface area contributed by atoms with Crippen molar-refractivity contribution < 1.29 is 27.7 Å². The van der Waals surface area contributed by atoms with Crippen LogP contribution in [-0.2, 0) is 4.79 Å². The molecule has 0 radical (unpaired) electrons. The van der Waals surface area contributed by atoms with Gasteiger partial charge in [0.1, 0.15) is 23.0 Å². The summed E-state index contributed by atoms with van der Waals surface area (Å²) in [6.45, 7) is 5.75. The van der Waals surface area contributed by atoms with Gasteiger partial charge in [0, 0.05) is 47.1 Å². The van der Waals surface area contributed by atoms with Crippen molar-refractivity contribution >= 4 is 17.5 Å². The molecular weight excluding hydrogens is 548 g/mol. The van der Waals surface area contributed by atoms with E-state index < -0.39 is 23.0 Å². The fraction of sp³-hybridized carbons (Fsp3) is 0.379. The number of aromatic amines is 1. The van der Waals surface area contributed by atoms with Crippen molar-refractivity contribution in [3.8, 4) is 17.0 Å². The quantitative estimate of drug-likeness (QED) is 0.275. The van der Waals surface area contributed by atoms with Gasteiger partial charge in [-0.2, -0.15) is 5.10 Å². The van der Waals surface area contributed by atoms with Crippen molar-refractivity contribution in [1.29, 1.82) is 0 Å². The van der Waals surface area contributed by atoms with Crippen LogP contribution in [0.2, 0.25) is 0 Å². The lowest BCUT2D eigenvalue weighted by atomic mass is 9.76. The Kier molecular flexibility index (Phi) is 6.74. The maximum atomic E-state index is 15.1. The van der Waals surface area contributed by atoms with Gasteiger partial charge in [-0.05, 0) is 49.4 Å². The number of nitrogens with two attached hydrogens (primary N) is 1. The number of benzene rings is 1. The molecule has 1 aliphatic heterocycles. The standard InChI is InChI=1S/C29H29F2N7O4/c1-13(25-27(28(32)40)38-42-37-25)6-16-10-29(16)12-41-22-7-17(30)4-5-19(22)20(29)9-23(39)34-18-8-21(31)26(33-11-18)24-14(2)35-36-15(24)3/h4-5,7-8,11,13,16,20H,6,9-10,12H2,1-3H3,(H2,32,40)(H,34,39)(H,35,36). The molecule has 4 heterocycles. The highest BCUT2D eigenvalue weighted by atomic mass is 19.1. The monoisotopic (exact) mass is 577 g/mol. The largest absolute Gasteiger partial charge is 0.493 e. The molecule has 2 amide bonds. The van der Waals surface area contributed by atoms with Gasteiger partial charge in [-0.15, -0.1) is 0 Å². The highest BCUT2D eigenvalue weighted by Gasteiger charge is 2.62. The first-order valence-electron chi connectivity index (χ1n) is 13.6. The van der Waals surface area contributed by atoms with Crippen molar-refractivity contribution in [3.05, 3.63) is 70.4 Å². The van der Waals surface area contributed by atoms with Gasteiger partial charge < -0.3 is 15.8 Å². The van der Waals surface area contributed by atoms with Crippen molar-refractivity contribution in [2.24, 2.45) is 17.1 Å². The normalized spacial score (nSPS) is 21.5. The van der Waals surface area contributed by atoms with E-state index in [9.17, 15) is 14.0 Å². The maximum absolute atomic E-state index is 15.1. The molecule has 3 aromatic heterocycles. The van der Waals surface area contributed by atoms with E-state index >= 15 is 4.39 Å². The van der Waals surface area contributed by atoms with Crippen LogP contribution in [-0.4, -0.2) is 43.9 Å². The Labute approximate surface area is 239 Å². The Morgan fingerprint density at radius 2 is 2.05 bits per heavy atom. The molecule has 42 heavy (non-hydrogen) atoms. The molecule has 1 aliphatic carbocycles. The number of fused-ring (bicyclic) bond motifs is 1. The van der Waals surface area contributed by atoms with Gasteiger partial charge >= 0.3 is 0 Å². The summed E-state index contributed by atoms with van der Waals surface area (Å²) >= 11 is 0. The minimum atomic E-state index is -0.718. The van der Waals surface area contributed by atoms with Gasteiger partial charge in [0.15, 0.2) is 11.5 Å². The fourth-order valence-corrected chi connectivity index (χ4v) is 6.39. The molecule has 1 spiro atoms. The number of primary amides is 1. The molecule has 11 nitrogen and oxygen atoms in total. The van der Waals surface area contributed by atoms with Crippen LogP contribution in [0.3, 0.4) is 0 Å². The summed E-state index contributed by atoms with van der Waals surface area (Å²) in [6, 6.07) is 5.56. The second-order valence-corrected chi connectivity index (χ2v) is 11.3. The lowest BCUT2D eigenvalue weighted by molar-refractivity contribution is -0.117. The molecule has 4 unspecified atom stereocenters. The summed E-state index contributed by atoms with van der Waals surface area (Å²) in [5.41, 5.74) is 8.39. The topological polar surface area (TPSA) is 162 Å². The molecule has 4 N–H and O–H groups in total.